The largest absolute Gasteiger partial charge is 2.00 e. The first kappa shape index (κ1) is 56.2. The van der Waals surface area contributed by atoms with Gasteiger partial charge in [0.2, 0.25) is 0 Å². The van der Waals surface area contributed by atoms with Crippen LogP contribution in [-0.2, 0) is 39.7 Å². The molecule has 4 aromatic carbocycles. The molecule has 0 radical (unpaired) electrons. The molecule has 0 aliphatic rings. The summed E-state index contributed by atoms with van der Waals surface area (Å²) in [5, 5.41) is 2.75. The molecule has 0 atom stereocenters. The molecule has 336 valence electrons. The summed E-state index contributed by atoms with van der Waals surface area (Å²) in [4.78, 5) is 26.5. The fraction of sp³-hybridized carbons (Fsp3) is 0.0500. The van der Waals surface area contributed by atoms with Crippen LogP contribution in [0.3, 0.4) is 0 Å². The van der Waals surface area contributed by atoms with E-state index in [-0.39, 0.29) is 19.5 Å². The van der Waals surface area contributed by atoms with Gasteiger partial charge in [0.1, 0.15) is 0 Å². The molecule has 2 heterocycles. The Bertz CT molecular complexity index is 2460. The van der Waals surface area contributed by atoms with E-state index in [0.29, 0.717) is 20.1 Å². The van der Waals surface area contributed by atoms with E-state index < -0.39 is 31.3 Å². The second kappa shape index (κ2) is 26.3. The van der Waals surface area contributed by atoms with E-state index in [1.165, 1.54) is 0 Å². The van der Waals surface area contributed by atoms with Gasteiger partial charge in [0.15, 0.2) is 20.2 Å². The molecule has 0 amide bonds. The van der Waals surface area contributed by atoms with Gasteiger partial charge in [0.25, 0.3) is 0 Å². The Labute approximate surface area is 400 Å². The van der Waals surface area contributed by atoms with Crippen molar-refractivity contribution < 1.29 is 71.8 Å². The standard InChI is InChI=1S/2C19H13Cl2N3.2CHF3O3S.Zn/c2*20-14-4-8-16(9-5-14)22-12-18-2-1-3-19(24-18)13-23-17-10-6-15(21)7-11-17;2*2-1(3,4)8(5,6)7;/h2*1-13H;2*(H,5,6,7);/q;;;;+2/p-2. The minimum absolute atomic E-state index is 0. The van der Waals surface area contributed by atoms with Crippen LogP contribution in [0.25, 0.3) is 0 Å². The summed E-state index contributed by atoms with van der Waals surface area (Å²) in [6.45, 7) is 0. The number of aliphatic imine (C=N–C) groups is 4. The maximum absolute atomic E-state index is 10.7. The van der Waals surface area contributed by atoms with Crippen molar-refractivity contribution in [1.82, 2.24) is 9.97 Å². The van der Waals surface area contributed by atoms with E-state index in [2.05, 4.69) is 29.9 Å². The third kappa shape index (κ3) is 22.2. The summed E-state index contributed by atoms with van der Waals surface area (Å²) in [6.07, 6.45) is 6.84. The van der Waals surface area contributed by atoms with Crippen molar-refractivity contribution in [3.05, 3.63) is 176 Å². The molecule has 0 aliphatic carbocycles. The molecular formula is C40H26Cl4F6N6O6S2Zn. The van der Waals surface area contributed by atoms with E-state index >= 15 is 0 Å². The van der Waals surface area contributed by atoms with Gasteiger partial charge >= 0.3 is 30.5 Å². The van der Waals surface area contributed by atoms with Crippen molar-refractivity contribution >= 4 is 114 Å². The molecule has 0 saturated carbocycles. The van der Waals surface area contributed by atoms with Gasteiger partial charge in [-0.05, 0) is 121 Å². The number of hydrogen-bond donors (Lipinski definition) is 0. The molecule has 0 N–H and O–H groups in total. The van der Waals surface area contributed by atoms with Gasteiger partial charge in [-0.15, -0.1) is 0 Å². The number of hydrogen-bond acceptors (Lipinski definition) is 12. The molecule has 6 aromatic rings. The molecule has 2 aromatic heterocycles. The SMILES string of the molecule is Clc1ccc(N=Cc2cccc(C=Nc3ccc(Cl)cc3)n2)cc1.Clc1ccc(N=Cc2cccc(C=Nc3ccc(Cl)cc3)n2)cc1.O=S(=O)([O-])C(F)(F)F.O=S(=O)([O-])C(F)(F)F.[Zn+2]. The van der Waals surface area contributed by atoms with Crippen LogP contribution in [0.2, 0.25) is 20.1 Å². The van der Waals surface area contributed by atoms with Crippen molar-refractivity contribution in [2.24, 2.45) is 20.0 Å². The second-order valence-corrected chi connectivity index (χ2v) is 16.2. The molecule has 0 fully saturated rings. The first-order valence-corrected chi connectivity index (χ1v) is 21.4. The topological polar surface area (TPSA) is 190 Å². The maximum Gasteiger partial charge on any atom is 2.00 e. The maximum atomic E-state index is 10.7. The number of aromatic nitrogens is 2. The second-order valence-electron chi connectivity index (χ2n) is 11.7. The zero-order valence-electron chi connectivity index (χ0n) is 32.4. The van der Waals surface area contributed by atoms with Gasteiger partial charge < -0.3 is 9.11 Å². The smallest absolute Gasteiger partial charge is 0.741 e. The van der Waals surface area contributed by atoms with Gasteiger partial charge in [-0.2, -0.15) is 26.3 Å². The van der Waals surface area contributed by atoms with Gasteiger partial charge in [-0.25, -0.2) is 26.8 Å². The Hall–Kier alpha value is -4.96. The van der Waals surface area contributed by atoms with E-state index in [0.717, 1.165) is 45.5 Å². The van der Waals surface area contributed by atoms with Crippen molar-refractivity contribution in [3.8, 4) is 0 Å². The molecule has 0 saturated heterocycles. The molecule has 0 aliphatic heterocycles. The third-order valence-electron chi connectivity index (χ3n) is 6.84. The minimum atomic E-state index is -6.09. The van der Waals surface area contributed by atoms with Crippen LogP contribution in [0.15, 0.2) is 153 Å². The van der Waals surface area contributed by atoms with E-state index in [1.807, 2.05) is 84.9 Å². The van der Waals surface area contributed by atoms with Crippen LogP contribution >= 0.6 is 46.4 Å². The van der Waals surface area contributed by atoms with Crippen molar-refractivity contribution in [1.29, 1.82) is 0 Å². The van der Waals surface area contributed by atoms with Crippen LogP contribution in [0, 0.1) is 0 Å². The first-order chi connectivity index (χ1) is 29.9. The van der Waals surface area contributed by atoms with Crippen molar-refractivity contribution in [2.75, 3.05) is 0 Å². The fourth-order valence-corrected chi connectivity index (χ4v) is 4.40. The molecule has 6 rings (SSSR count). The van der Waals surface area contributed by atoms with E-state index in [1.54, 1.807) is 73.4 Å². The zero-order chi connectivity index (χ0) is 47.6. The van der Waals surface area contributed by atoms with Gasteiger partial charge in [-0.3, -0.25) is 20.0 Å². The molecule has 65 heavy (non-hydrogen) atoms. The van der Waals surface area contributed by atoms with Crippen LogP contribution in [0.1, 0.15) is 22.8 Å². The number of alkyl halides is 6. The monoisotopic (exact) mass is 1070 g/mol. The molecule has 25 heteroatoms. The van der Waals surface area contributed by atoms with Crippen molar-refractivity contribution in [3.63, 3.8) is 0 Å². The number of rotatable bonds is 8. The Morgan fingerprint density at radius 1 is 0.400 bits per heavy atom. The Morgan fingerprint density at radius 2 is 0.569 bits per heavy atom. The minimum Gasteiger partial charge on any atom is -0.741 e. The summed E-state index contributed by atoms with van der Waals surface area (Å²) < 4.78 is 118. The Kier molecular flexibility index (Phi) is 22.7. The van der Waals surface area contributed by atoms with E-state index in [9.17, 15) is 26.3 Å². The van der Waals surface area contributed by atoms with Crippen LogP contribution in [0.5, 0.6) is 0 Å². The van der Waals surface area contributed by atoms with Gasteiger partial charge in [0.05, 0.1) is 70.4 Å². The third-order valence-corrected chi connectivity index (χ3v) is 8.98. The quantitative estimate of drug-likeness (QED) is 0.0473. The summed E-state index contributed by atoms with van der Waals surface area (Å²) in [5.41, 5.74) is -4.99. The summed E-state index contributed by atoms with van der Waals surface area (Å²) in [7, 11) is -12.2. The number of pyridine rings is 2. The van der Waals surface area contributed by atoms with E-state index in [4.69, 9.17) is 72.3 Å². The molecular weight excluding hydrogens is 1050 g/mol. The summed E-state index contributed by atoms with van der Waals surface area (Å²) >= 11 is 23.4. The molecule has 12 nitrogen and oxygen atoms in total. The van der Waals surface area contributed by atoms with Crippen LogP contribution in [0.4, 0.5) is 49.1 Å². The normalized spacial score (nSPS) is 11.9. The van der Waals surface area contributed by atoms with Crippen molar-refractivity contribution in [2.45, 2.75) is 11.0 Å². The van der Waals surface area contributed by atoms with Gasteiger partial charge in [-0.1, -0.05) is 58.5 Å². The number of halogens is 10. The first-order valence-electron chi connectivity index (χ1n) is 17.0. The Balaban J connectivity index is 0.000000333. The number of benzene rings is 4. The Morgan fingerprint density at radius 3 is 0.723 bits per heavy atom. The fourth-order valence-electron chi connectivity index (χ4n) is 3.90. The predicted molar refractivity (Wildman–Crippen MR) is 235 cm³/mol. The molecule has 0 unspecified atom stereocenters. The van der Waals surface area contributed by atoms with Gasteiger partial charge in [0, 0.05) is 20.1 Å². The average Bonchev–Trinajstić information content (AvgIpc) is 3.22. The average molecular weight is 1070 g/mol. The summed E-state index contributed by atoms with van der Waals surface area (Å²) in [6, 6.07) is 40.6. The molecule has 0 spiro atoms. The number of nitrogens with zero attached hydrogens (tertiary/aromatic N) is 6. The summed E-state index contributed by atoms with van der Waals surface area (Å²) in [5.74, 6) is 0. The predicted octanol–water partition coefficient (Wildman–Crippen LogP) is 11.9. The van der Waals surface area contributed by atoms with Crippen LogP contribution in [-0.4, -0.2) is 71.8 Å². The molecule has 0 bridgehead atoms. The zero-order valence-corrected chi connectivity index (χ0v) is 40.1. The van der Waals surface area contributed by atoms with Crippen LogP contribution < -0.4 is 0 Å².